The highest BCUT2D eigenvalue weighted by molar-refractivity contribution is 5.28. The number of nitriles is 1. The molecular weight excluding hydrogens is 264 g/mol. The molecule has 1 aliphatic carbocycles. The molecule has 0 bridgehead atoms. The van der Waals surface area contributed by atoms with Crippen molar-refractivity contribution in [1.29, 1.82) is 5.26 Å². The standard InChI is InChI=1S/C17H24N2O2/c1-13(2)19-17(12-18)8-4-7-16(10-17)21-15-6-3-5-14(9-15)11-20/h3,5-6,9,13,16,19-20H,4,7-8,10-11H2,1-2H3. The topological polar surface area (TPSA) is 65.3 Å². The molecule has 2 N–H and O–H groups in total. The molecule has 1 saturated carbocycles. The predicted molar refractivity (Wildman–Crippen MR) is 81.9 cm³/mol. The van der Waals surface area contributed by atoms with Gasteiger partial charge in [-0.25, -0.2) is 0 Å². The summed E-state index contributed by atoms with van der Waals surface area (Å²) in [5.74, 6) is 0.768. The van der Waals surface area contributed by atoms with Gasteiger partial charge in [-0.3, -0.25) is 5.32 Å². The number of hydrogen-bond acceptors (Lipinski definition) is 4. The van der Waals surface area contributed by atoms with Crippen LogP contribution in [0.2, 0.25) is 0 Å². The number of aliphatic hydroxyl groups excluding tert-OH is 1. The van der Waals surface area contributed by atoms with E-state index in [1.165, 1.54) is 0 Å². The zero-order valence-corrected chi connectivity index (χ0v) is 12.8. The van der Waals surface area contributed by atoms with Gasteiger partial charge in [0.25, 0.3) is 0 Å². The molecule has 0 aromatic heterocycles. The highest BCUT2D eigenvalue weighted by atomic mass is 16.5. The van der Waals surface area contributed by atoms with Gasteiger partial charge in [0, 0.05) is 12.5 Å². The fraction of sp³-hybridized carbons (Fsp3) is 0.588. The van der Waals surface area contributed by atoms with Gasteiger partial charge in [0.2, 0.25) is 0 Å². The van der Waals surface area contributed by atoms with Gasteiger partial charge in [-0.15, -0.1) is 0 Å². The van der Waals surface area contributed by atoms with Crippen LogP contribution >= 0.6 is 0 Å². The molecule has 4 nitrogen and oxygen atoms in total. The van der Waals surface area contributed by atoms with Crippen LogP contribution in [-0.2, 0) is 6.61 Å². The number of nitrogens with one attached hydrogen (secondary N) is 1. The lowest BCUT2D eigenvalue weighted by Crippen LogP contribution is -2.52. The van der Waals surface area contributed by atoms with Crippen molar-refractivity contribution in [1.82, 2.24) is 5.32 Å². The normalized spacial score (nSPS) is 25.6. The molecule has 0 aliphatic heterocycles. The van der Waals surface area contributed by atoms with Crippen molar-refractivity contribution in [2.24, 2.45) is 0 Å². The molecule has 114 valence electrons. The van der Waals surface area contributed by atoms with E-state index < -0.39 is 5.54 Å². The molecule has 2 unspecified atom stereocenters. The maximum Gasteiger partial charge on any atom is 0.120 e. The lowest BCUT2D eigenvalue weighted by Gasteiger charge is -2.37. The van der Waals surface area contributed by atoms with Crippen LogP contribution in [0.15, 0.2) is 24.3 Å². The van der Waals surface area contributed by atoms with Crippen molar-refractivity contribution in [3.8, 4) is 11.8 Å². The van der Waals surface area contributed by atoms with E-state index in [1.807, 2.05) is 24.3 Å². The van der Waals surface area contributed by atoms with Gasteiger partial charge in [0.05, 0.1) is 12.7 Å². The Kier molecular flexibility index (Phi) is 5.22. The molecule has 2 rings (SSSR count). The molecule has 21 heavy (non-hydrogen) atoms. The predicted octanol–water partition coefficient (Wildman–Crippen LogP) is 2.76. The SMILES string of the molecule is CC(C)NC1(C#N)CCCC(Oc2cccc(CO)c2)C1. The maximum atomic E-state index is 9.56. The van der Waals surface area contributed by atoms with Crippen molar-refractivity contribution in [3.63, 3.8) is 0 Å². The van der Waals surface area contributed by atoms with E-state index in [9.17, 15) is 10.4 Å². The third-order valence-electron chi connectivity index (χ3n) is 3.87. The van der Waals surface area contributed by atoms with Crippen molar-refractivity contribution in [2.75, 3.05) is 0 Å². The van der Waals surface area contributed by atoms with Crippen LogP contribution < -0.4 is 10.1 Å². The largest absolute Gasteiger partial charge is 0.490 e. The first-order valence-corrected chi connectivity index (χ1v) is 7.62. The number of rotatable bonds is 5. The Morgan fingerprint density at radius 3 is 3.00 bits per heavy atom. The fourth-order valence-electron chi connectivity index (χ4n) is 3.05. The second-order valence-corrected chi connectivity index (χ2v) is 6.13. The first-order chi connectivity index (χ1) is 10.1. The molecule has 0 heterocycles. The summed E-state index contributed by atoms with van der Waals surface area (Å²) in [5.41, 5.74) is 0.362. The minimum Gasteiger partial charge on any atom is -0.490 e. The van der Waals surface area contributed by atoms with Crippen LogP contribution in [0.25, 0.3) is 0 Å². The number of nitrogens with zero attached hydrogens (tertiary/aromatic N) is 1. The van der Waals surface area contributed by atoms with Gasteiger partial charge < -0.3 is 9.84 Å². The Morgan fingerprint density at radius 2 is 2.33 bits per heavy atom. The molecule has 1 fully saturated rings. The lowest BCUT2D eigenvalue weighted by atomic mass is 9.80. The average molecular weight is 288 g/mol. The zero-order valence-electron chi connectivity index (χ0n) is 12.8. The molecule has 1 aliphatic rings. The van der Waals surface area contributed by atoms with E-state index in [4.69, 9.17) is 4.74 Å². The third-order valence-corrected chi connectivity index (χ3v) is 3.87. The summed E-state index contributed by atoms with van der Waals surface area (Å²) in [7, 11) is 0. The Labute approximate surface area is 126 Å². The third kappa shape index (κ3) is 4.20. The van der Waals surface area contributed by atoms with Gasteiger partial charge in [0.15, 0.2) is 0 Å². The maximum absolute atomic E-state index is 9.56. The van der Waals surface area contributed by atoms with Crippen molar-refractivity contribution >= 4 is 0 Å². The fourth-order valence-corrected chi connectivity index (χ4v) is 3.05. The number of hydrogen-bond donors (Lipinski definition) is 2. The Bertz CT molecular complexity index is 510. The van der Waals surface area contributed by atoms with E-state index >= 15 is 0 Å². The first kappa shape index (κ1) is 15.8. The van der Waals surface area contributed by atoms with Crippen LogP contribution in [0.3, 0.4) is 0 Å². The van der Waals surface area contributed by atoms with E-state index in [0.717, 1.165) is 30.6 Å². The van der Waals surface area contributed by atoms with E-state index in [1.54, 1.807) is 0 Å². The Balaban J connectivity index is 2.05. The molecule has 4 heteroatoms. The Morgan fingerprint density at radius 1 is 1.52 bits per heavy atom. The average Bonchev–Trinajstić information content (AvgIpc) is 2.47. The molecule has 0 saturated heterocycles. The smallest absolute Gasteiger partial charge is 0.120 e. The number of aliphatic hydroxyl groups is 1. The van der Waals surface area contributed by atoms with E-state index in [0.29, 0.717) is 6.42 Å². The van der Waals surface area contributed by atoms with E-state index in [-0.39, 0.29) is 18.8 Å². The van der Waals surface area contributed by atoms with Crippen LogP contribution in [0, 0.1) is 11.3 Å². The molecule has 0 radical (unpaired) electrons. The molecular formula is C17H24N2O2. The minimum atomic E-state index is -0.480. The molecule has 0 amide bonds. The van der Waals surface area contributed by atoms with Crippen LogP contribution in [0.4, 0.5) is 0 Å². The van der Waals surface area contributed by atoms with Gasteiger partial charge in [-0.05, 0) is 50.8 Å². The van der Waals surface area contributed by atoms with Gasteiger partial charge in [-0.2, -0.15) is 5.26 Å². The molecule has 2 atom stereocenters. The molecule has 1 aromatic carbocycles. The van der Waals surface area contributed by atoms with Gasteiger partial charge >= 0.3 is 0 Å². The summed E-state index contributed by atoms with van der Waals surface area (Å²) >= 11 is 0. The minimum absolute atomic E-state index is 0.0128. The second kappa shape index (κ2) is 6.93. The first-order valence-electron chi connectivity index (χ1n) is 7.62. The van der Waals surface area contributed by atoms with E-state index in [2.05, 4.69) is 25.2 Å². The Hall–Kier alpha value is -1.57. The monoisotopic (exact) mass is 288 g/mol. The highest BCUT2D eigenvalue weighted by Crippen LogP contribution is 2.31. The molecule has 1 aromatic rings. The molecule has 0 spiro atoms. The summed E-state index contributed by atoms with van der Waals surface area (Å²) in [6, 6.07) is 10.2. The quantitative estimate of drug-likeness (QED) is 0.874. The van der Waals surface area contributed by atoms with Crippen LogP contribution in [0.1, 0.15) is 45.1 Å². The second-order valence-electron chi connectivity index (χ2n) is 6.13. The van der Waals surface area contributed by atoms with Gasteiger partial charge in [-0.1, -0.05) is 12.1 Å². The zero-order chi connectivity index (χ0) is 15.3. The van der Waals surface area contributed by atoms with Crippen LogP contribution in [0.5, 0.6) is 5.75 Å². The highest BCUT2D eigenvalue weighted by Gasteiger charge is 2.37. The summed E-state index contributed by atoms with van der Waals surface area (Å²) in [4.78, 5) is 0. The van der Waals surface area contributed by atoms with Crippen LogP contribution in [-0.4, -0.2) is 22.8 Å². The summed E-state index contributed by atoms with van der Waals surface area (Å²) in [5, 5.41) is 22.1. The number of ether oxygens (including phenoxy) is 1. The summed E-state index contributed by atoms with van der Waals surface area (Å²) in [6.07, 6.45) is 3.56. The lowest BCUT2D eigenvalue weighted by molar-refractivity contribution is 0.109. The summed E-state index contributed by atoms with van der Waals surface area (Å²) < 4.78 is 6.03. The van der Waals surface area contributed by atoms with Crippen molar-refractivity contribution in [2.45, 2.75) is 63.8 Å². The van der Waals surface area contributed by atoms with Crippen molar-refractivity contribution in [3.05, 3.63) is 29.8 Å². The van der Waals surface area contributed by atoms with Crippen molar-refractivity contribution < 1.29 is 9.84 Å². The number of benzene rings is 1. The van der Waals surface area contributed by atoms with Gasteiger partial charge in [0.1, 0.15) is 17.4 Å². The summed E-state index contributed by atoms with van der Waals surface area (Å²) in [6.45, 7) is 4.14.